The van der Waals surface area contributed by atoms with E-state index in [0.717, 1.165) is 11.3 Å². The third-order valence-corrected chi connectivity index (χ3v) is 3.69. The first-order valence-electron chi connectivity index (χ1n) is 6.63. The lowest BCUT2D eigenvalue weighted by Crippen LogP contribution is -2.20. The van der Waals surface area contributed by atoms with Gasteiger partial charge < -0.3 is 10.1 Å². The van der Waals surface area contributed by atoms with Crippen molar-refractivity contribution in [1.82, 2.24) is 5.32 Å². The van der Waals surface area contributed by atoms with E-state index in [9.17, 15) is 4.79 Å². The zero-order valence-electron chi connectivity index (χ0n) is 12.0. The number of carbonyl (C=O) groups excluding carboxylic acids is 1. The molecule has 0 saturated heterocycles. The molecule has 0 bridgehead atoms. The van der Waals surface area contributed by atoms with Gasteiger partial charge in [-0.2, -0.15) is 0 Å². The van der Waals surface area contributed by atoms with E-state index in [1.165, 1.54) is 6.08 Å². The van der Waals surface area contributed by atoms with E-state index in [-0.39, 0.29) is 5.91 Å². The van der Waals surface area contributed by atoms with Gasteiger partial charge in [-0.1, -0.05) is 41.4 Å². The number of amides is 1. The predicted octanol–water partition coefficient (Wildman–Crippen LogP) is 4.33. The van der Waals surface area contributed by atoms with Gasteiger partial charge in [-0.05, 0) is 35.9 Å². The Kier molecular flexibility index (Phi) is 5.87. The van der Waals surface area contributed by atoms with Gasteiger partial charge >= 0.3 is 0 Å². The van der Waals surface area contributed by atoms with Crippen molar-refractivity contribution in [1.29, 1.82) is 0 Å². The van der Waals surface area contributed by atoms with E-state index in [1.54, 1.807) is 31.4 Å². The Morgan fingerprint density at radius 2 is 1.77 bits per heavy atom. The zero-order valence-corrected chi connectivity index (χ0v) is 13.5. The largest absolute Gasteiger partial charge is 0.497 e. The molecule has 0 saturated carbocycles. The highest BCUT2D eigenvalue weighted by atomic mass is 35.5. The number of halogens is 2. The van der Waals surface area contributed by atoms with Crippen LogP contribution in [0.5, 0.6) is 5.75 Å². The van der Waals surface area contributed by atoms with Gasteiger partial charge in [0, 0.05) is 28.2 Å². The molecule has 2 rings (SSSR count). The average Bonchev–Trinajstić information content (AvgIpc) is 2.53. The number of hydrogen-bond donors (Lipinski definition) is 1. The molecule has 0 spiro atoms. The van der Waals surface area contributed by atoms with Gasteiger partial charge in [-0.25, -0.2) is 0 Å². The smallest absolute Gasteiger partial charge is 0.244 e. The van der Waals surface area contributed by atoms with Crippen molar-refractivity contribution < 1.29 is 9.53 Å². The van der Waals surface area contributed by atoms with Crippen molar-refractivity contribution in [3.8, 4) is 5.75 Å². The van der Waals surface area contributed by atoms with Crippen LogP contribution in [0, 0.1) is 0 Å². The molecule has 114 valence electrons. The second-order valence-electron chi connectivity index (χ2n) is 4.53. The molecule has 22 heavy (non-hydrogen) atoms. The third kappa shape index (κ3) is 4.52. The van der Waals surface area contributed by atoms with Crippen LogP contribution in [0.3, 0.4) is 0 Å². The number of ether oxygens (including phenoxy) is 1. The molecule has 1 N–H and O–H groups in total. The van der Waals surface area contributed by atoms with Gasteiger partial charge in [0.1, 0.15) is 5.75 Å². The molecule has 0 aliphatic heterocycles. The summed E-state index contributed by atoms with van der Waals surface area (Å²) in [5, 5.41) is 3.81. The first-order chi connectivity index (χ1) is 10.6. The van der Waals surface area contributed by atoms with Crippen LogP contribution in [-0.4, -0.2) is 13.0 Å². The minimum absolute atomic E-state index is 0.216. The summed E-state index contributed by atoms with van der Waals surface area (Å²) < 4.78 is 5.08. The molecular formula is C17H15Cl2NO2. The minimum Gasteiger partial charge on any atom is -0.497 e. The topological polar surface area (TPSA) is 38.3 Å². The highest BCUT2D eigenvalue weighted by Crippen LogP contribution is 2.25. The molecule has 0 atom stereocenters. The summed E-state index contributed by atoms with van der Waals surface area (Å²) in [6.07, 6.45) is 3.02. The number of methoxy groups -OCH3 is 1. The maximum Gasteiger partial charge on any atom is 0.244 e. The summed E-state index contributed by atoms with van der Waals surface area (Å²) in [6, 6.07) is 12.7. The van der Waals surface area contributed by atoms with E-state index in [1.807, 2.05) is 24.3 Å². The number of carbonyl (C=O) groups is 1. The summed E-state index contributed by atoms with van der Waals surface area (Å²) in [6.45, 7) is 0.434. The molecule has 0 fully saturated rings. The lowest BCUT2D eigenvalue weighted by atomic mass is 10.2. The second kappa shape index (κ2) is 7.87. The zero-order chi connectivity index (χ0) is 15.9. The molecule has 5 heteroatoms. The van der Waals surface area contributed by atoms with Gasteiger partial charge in [0.15, 0.2) is 0 Å². The van der Waals surface area contributed by atoms with Crippen LogP contribution in [0.2, 0.25) is 10.0 Å². The van der Waals surface area contributed by atoms with Gasteiger partial charge in [0.25, 0.3) is 0 Å². The predicted molar refractivity (Wildman–Crippen MR) is 90.3 cm³/mol. The lowest BCUT2D eigenvalue weighted by Gasteiger charge is -2.05. The fraction of sp³-hybridized carbons (Fsp3) is 0.118. The highest BCUT2D eigenvalue weighted by molar-refractivity contribution is 6.37. The Morgan fingerprint density at radius 3 is 2.36 bits per heavy atom. The van der Waals surface area contributed by atoms with Gasteiger partial charge in [0.05, 0.1) is 7.11 Å². The van der Waals surface area contributed by atoms with E-state index in [4.69, 9.17) is 27.9 Å². The standard InChI is InChI=1S/C17H15Cl2NO2/c1-22-13-7-5-12(6-8-13)11-20-17(21)10-9-14-15(18)3-2-4-16(14)19/h2-10H,11H2,1H3,(H,20,21). The molecule has 1 amide bonds. The van der Waals surface area contributed by atoms with Crippen LogP contribution in [0.25, 0.3) is 6.08 Å². The number of rotatable bonds is 5. The van der Waals surface area contributed by atoms with E-state index >= 15 is 0 Å². The van der Waals surface area contributed by atoms with Gasteiger partial charge in [0.2, 0.25) is 5.91 Å². The Balaban J connectivity index is 1.93. The SMILES string of the molecule is COc1ccc(CNC(=O)C=Cc2c(Cl)cccc2Cl)cc1. The van der Waals surface area contributed by atoms with Crippen LogP contribution in [-0.2, 0) is 11.3 Å². The molecule has 0 unspecified atom stereocenters. The summed E-state index contributed by atoms with van der Waals surface area (Å²) in [5.41, 5.74) is 1.61. The first-order valence-corrected chi connectivity index (χ1v) is 7.38. The second-order valence-corrected chi connectivity index (χ2v) is 5.35. The molecule has 2 aromatic rings. The molecular weight excluding hydrogens is 321 g/mol. The van der Waals surface area contributed by atoms with Gasteiger partial charge in [-0.3, -0.25) is 4.79 Å². The van der Waals surface area contributed by atoms with Crippen LogP contribution in [0.1, 0.15) is 11.1 Å². The summed E-state index contributed by atoms with van der Waals surface area (Å²) in [4.78, 5) is 11.8. The maximum absolute atomic E-state index is 11.8. The van der Waals surface area contributed by atoms with Crippen molar-refractivity contribution in [2.45, 2.75) is 6.54 Å². The van der Waals surface area contributed by atoms with Crippen molar-refractivity contribution >= 4 is 35.2 Å². The van der Waals surface area contributed by atoms with Crippen LogP contribution >= 0.6 is 23.2 Å². The quantitative estimate of drug-likeness (QED) is 0.826. The summed E-state index contributed by atoms with van der Waals surface area (Å²) in [5.74, 6) is 0.565. The Hall–Kier alpha value is -1.97. The highest BCUT2D eigenvalue weighted by Gasteiger charge is 2.03. The first kappa shape index (κ1) is 16.4. The van der Waals surface area contributed by atoms with E-state index < -0.39 is 0 Å². The normalized spacial score (nSPS) is 10.7. The monoisotopic (exact) mass is 335 g/mol. The van der Waals surface area contributed by atoms with Crippen molar-refractivity contribution in [2.24, 2.45) is 0 Å². The fourth-order valence-corrected chi connectivity index (χ4v) is 2.34. The molecule has 0 aromatic heterocycles. The van der Waals surface area contributed by atoms with Crippen molar-refractivity contribution in [3.05, 3.63) is 69.7 Å². The molecule has 2 aromatic carbocycles. The van der Waals surface area contributed by atoms with Crippen LogP contribution < -0.4 is 10.1 Å². The molecule has 0 heterocycles. The maximum atomic E-state index is 11.8. The van der Waals surface area contributed by atoms with Crippen molar-refractivity contribution in [3.63, 3.8) is 0 Å². The van der Waals surface area contributed by atoms with Crippen LogP contribution in [0.15, 0.2) is 48.5 Å². The van der Waals surface area contributed by atoms with E-state index in [2.05, 4.69) is 5.32 Å². The molecule has 3 nitrogen and oxygen atoms in total. The molecule has 0 radical (unpaired) electrons. The molecule has 0 aliphatic carbocycles. The average molecular weight is 336 g/mol. The Labute approximate surface area is 139 Å². The summed E-state index contributed by atoms with van der Waals surface area (Å²) in [7, 11) is 1.61. The minimum atomic E-state index is -0.216. The summed E-state index contributed by atoms with van der Waals surface area (Å²) >= 11 is 12.1. The fourth-order valence-electron chi connectivity index (χ4n) is 1.82. The molecule has 0 aliphatic rings. The Bertz CT molecular complexity index is 661. The van der Waals surface area contributed by atoms with Crippen molar-refractivity contribution in [2.75, 3.05) is 7.11 Å². The Morgan fingerprint density at radius 1 is 1.14 bits per heavy atom. The van der Waals surface area contributed by atoms with Crippen LogP contribution in [0.4, 0.5) is 0 Å². The number of hydrogen-bond acceptors (Lipinski definition) is 2. The lowest BCUT2D eigenvalue weighted by molar-refractivity contribution is -0.116. The van der Waals surface area contributed by atoms with Gasteiger partial charge in [-0.15, -0.1) is 0 Å². The number of benzene rings is 2. The van der Waals surface area contributed by atoms with E-state index in [0.29, 0.717) is 22.2 Å². The third-order valence-electron chi connectivity index (χ3n) is 3.03. The number of nitrogens with one attached hydrogen (secondary N) is 1.